The van der Waals surface area contributed by atoms with E-state index in [4.69, 9.17) is 0 Å². The molecule has 3 rings (SSSR count). The molecule has 0 amide bonds. The van der Waals surface area contributed by atoms with Crippen molar-refractivity contribution >= 4 is 5.97 Å². The van der Waals surface area contributed by atoms with Crippen LogP contribution in [0.15, 0.2) is 30.5 Å². The molecule has 2 atom stereocenters. The third kappa shape index (κ3) is 3.48. The summed E-state index contributed by atoms with van der Waals surface area (Å²) < 4.78 is 0. The van der Waals surface area contributed by atoms with E-state index in [1.165, 1.54) is 0 Å². The first-order valence-corrected chi connectivity index (χ1v) is 8.25. The fourth-order valence-corrected chi connectivity index (χ4v) is 3.23. The number of likely N-dealkylation sites (tertiary alicyclic amines) is 1. The molecule has 24 heavy (non-hydrogen) atoms. The van der Waals surface area contributed by atoms with Crippen molar-refractivity contribution in [3.8, 4) is 0 Å². The summed E-state index contributed by atoms with van der Waals surface area (Å²) in [6.45, 7) is 8.27. The summed E-state index contributed by atoms with van der Waals surface area (Å²) in [6, 6.07) is 7.75. The van der Waals surface area contributed by atoms with E-state index in [-0.39, 0.29) is 11.3 Å². The number of H-pyrrole nitrogens is 1. The Labute approximate surface area is 141 Å². The lowest BCUT2D eigenvalue weighted by atomic mass is 9.92. The van der Waals surface area contributed by atoms with Crippen molar-refractivity contribution in [1.29, 1.82) is 0 Å². The van der Waals surface area contributed by atoms with Crippen LogP contribution in [0.25, 0.3) is 0 Å². The fraction of sp³-hybridized carbons (Fsp3) is 0.500. The molecule has 0 spiro atoms. The van der Waals surface area contributed by atoms with Crippen LogP contribution in [-0.4, -0.2) is 44.2 Å². The van der Waals surface area contributed by atoms with E-state index < -0.39 is 11.9 Å². The standard InChI is InChI=1S/C18H24N4O2/c1-18(2,3)16-8-12(20-21-16)9-22-10-13(14(11-22)17(23)24)15-6-4-5-7-19-15/h4-8,13-14H,9-11H2,1-3H3,(H,20,21)(H,23,24)/t13-,14-/m1/s1. The minimum absolute atomic E-state index is 0.000146. The molecule has 1 saturated heterocycles. The molecule has 0 unspecified atom stereocenters. The van der Waals surface area contributed by atoms with Crippen molar-refractivity contribution in [1.82, 2.24) is 20.1 Å². The minimum Gasteiger partial charge on any atom is -0.481 e. The minimum atomic E-state index is -0.756. The Balaban J connectivity index is 1.74. The second kappa shape index (κ2) is 6.36. The van der Waals surface area contributed by atoms with Crippen LogP contribution in [0.4, 0.5) is 0 Å². The van der Waals surface area contributed by atoms with Crippen molar-refractivity contribution in [2.75, 3.05) is 13.1 Å². The number of carboxylic acid groups (broad SMARTS) is 1. The van der Waals surface area contributed by atoms with E-state index in [1.807, 2.05) is 18.2 Å². The number of aromatic amines is 1. The van der Waals surface area contributed by atoms with E-state index in [0.717, 1.165) is 17.1 Å². The molecule has 128 valence electrons. The zero-order valence-corrected chi connectivity index (χ0v) is 14.4. The van der Waals surface area contributed by atoms with Crippen LogP contribution in [-0.2, 0) is 16.8 Å². The smallest absolute Gasteiger partial charge is 0.308 e. The zero-order valence-electron chi connectivity index (χ0n) is 14.4. The van der Waals surface area contributed by atoms with Gasteiger partial charge in [-0.25, -0.2) is 0 Å². The Kier molecular flexibility index (Phi) is 4.41. The monoisotopic (exact) mass is 328 g/mol. The van der Waals surface area contributed by atoms with E-state index >= 15 is 0 Å². The second-order valence-corrected chi connectivity index (χ2v) is 7.53. The van der Waals surface area contributed by atoms with Gasteiger partial charge in [0.1, 0.15) is 0 Å². The van der Waals surface area contributed by atoms with Crippen LogP contribution in [0.3, 0.4) is 0 Å². The number of aromatic nitrogens is 3. The maximum atomic E-state index is 11.6. The lowest BCUT2D eigenvalue weighted by molar-refractivity contribution is -0.141. The van der Waals surface area contributed by atoms with Crippen molar-refractivity contribution < 1.29 is 9.90 Å². The Morgan fingerprint density at radius 2 is 2.17 bits per heavy atom. The Hall–Kier alpha value is -2.21. The zero-order chi connectivity index (χ0) is 17.3. The highest BCUT2D eigenvalue weighted by atomic mass is 16.4. The molecule has 6 heteroatoms. The molecule has 2 N–H and O–H groups in total. The fourth-order valence-electron chi connectivity index (χ4n) is 3.23. The van der Waals surface area contributed by atoms with Gasteiger partial charge >= 0.3 is 5.97 Å². The number of rotatable bonds is 4. The van der Waals surface area contributed by atoms with Gasteiger partial charge in [0.05, 0.1) is 11.6 Å². The van der Waals surface area contributed by atoms with Crippen LogP contribution in [0.1, 0.15) is 43.8 Å². The SMILES string of the molecule is CC(C)(C)c1cc(CN2C[C@@H](C(=O)O)[C@H](c3ccccn3)C2)[nH]n1. The maximum absolute atomic E-state index is 11.6. The third-order valence-corrected chi connectivity index (χ3v) is 4.57. The Bertz CT molecular complexity index is 705. The first kappa shape index (κ1) is 16.6. The molecule has 3 heterocycles. The molecular weight excluding hydrogens is 304 g/mol. The summed E-state index contributed by atoms with van der Waals surface area (Å²) in [5.74, 6) is -1.26. The van der Waals surface area contributed by atoms with Crippen LogP contribution >= 0.6 is 0 Å². The van der Waals surface area contributed by atoms with Gasteiger partial charge in [0.25, 0.3) is 0 Å². The van der Waals surface area contributed by atoms with Gasteiger partial charge in [0, 0.05) is 48.6 Å². The molecule has 0 bridgehead atoms. The number of carboxylic acids is 1. The van der Waals surface area contributed by atoms with Gasteiger partial charge < -0.3 is 5.11 Å². The van der Waals surface area contributed by atoms with Crippen LogP contribution in [0.5, 0.6) is 0 Å². The van der Waals surface area contributed by atoms with Gasteiger partial charge in [0.2, 0.25) is 0 Å². The molecule has 1 fully saturated rings. The Morgan fingerprint density at radius 1 is 1.38 bits per heavy atom. The Morgan fingerprint density at radius 3 is 2.75 bits per heavy atom. The molecule has 1 aliphatic heterocycles. The van der Waals surface area contributed by atoms with Gasteiger partial charge in [0.15, 0.2) is 0 Å². The van der Waals surface area contributed by atoms with Gasteiger partial charge in [-0.05, 0) is 18.2 Å². The molecule has 0 aliphatic carbocycles. The van der Waals surface area contributed by atoms with Crippen LogP contribution in [0.2, 0.25) is 0 Å². The first-order chi connectivity index (χ1) is 11.3. The summed E-state index contributed by atoms with van der Waals surface area (Å²) in [7, 11) is 0. The van der Waals surface area contributed by atoms with E-state index in [1.54, 1.807) is 6.20 Å². The summed E-state index contributed by atoms with van der Waals surface area (Å²) in [6.07, 6.45) is 1.72. The highest BCUT2D eigenvalue weighted by Crippen LogP contribution is 2.32. The molecular formula is C18H24N4O2. The van der Waals surface area contributed by atoms with Crippen LogP contribution < -0.4 is 0 Å². The molecule has 0 saturated carbocycles. The van der Waals surface area contributed by atoms with E-state index in [2.05, 4.69) is 46.9 Å². The average molecular weight is 328 g/mol. The number of hydrogen-bond acceptors (Lipinski definition) is 4. The number of hydrogen-bond donors (Lipinski definition) is 2. The highest BCUT2D eigenvalue weighted by Gasteiger charge is 2.39. The number of carbonyl (C=O) groups is 1. The highest BCUT2D eigenvalue weighted by molar-refractivity contribution is 5.72. The predicted octanol–water partition coefficient (Wildman–Crippen LogP) is 2.40. The molecule has 2 aromatic heterocycles. The third-order valence-electron chi connectivity index (χ3n) is 4.57. The van der Waals surface area contributed by atoms with Crippen molar-refractivity contribution in [2.24, 2.45) is 5.92 Å². The number of pyridine rings is 1. The van der Waals surface area contributed by atoms with Crippen molar-refractivity contribution in [2.45, 2.75) is 38.6 Å². The van der Waals surface area contributed by atoms with Gasteiger partial charge in [-0.1, -0.05) is 26.8 Å². The normalized spacial score (nSPS) is 22.0. The van der Waals surface area contributed by atoms with Gasteiger partial charge in [-0.2, -0.15) is 5.10 Å². The maximum Gasteiger partial charge on any atom is 0.308 e. The number of nitrogens with one attached hydrogen (secondary N) is 1. The molecule has 0 aromatic carbocycles. The second-order valence-electron chi connectivity index (χ2n) is 7.53. The molecule has 2 aromatic rings. The van der Waals surface area contributed by atoms with Gasteiger partial charge in [-0.3, -0.25) is 19.8 Å². The lowest BCUT2D eigenvalue weighted by Crippen LogP contribution is -2.23. The van der Waals surface area contributed by atoms with E-state index in [0.29, 0.717) is 19.6 Å². The summed E-state index contributed by atoms with van der Waals surface area (Å²) in [4.78, 5) is 18.2. The molecule has 0 radical (unpaired) electrons. The topological polar surface area (TPSA) is 82.1 Å². The number of nitrogens with zero attached hydrogens (tertiary/aromatic N) is 3. The lowest BCUT2D eigenvalue weighted by Gasteiger charge is -2.15. The average Bonchev–Trinajstić information content (AvgIpc) is 3.15. The summed E-state index contributed by atoms with van der Waals surface area (Å²) in [5.41, 5.74) is 2.89. The van der Waals surface area contributed by atoms with Crippen LogP contribution in [0, 0.1) is 5.92 Å². The van der Waals surface area contributed by atoms with E-state index in [9.17, 15) is 9.90 Å². The predicted molar refractivity (Wildman–Crippen MR) is 90.7 cm³/mol. The van der Waals surface area contributed by atoms with Crippen molar-refractivity contribution in [3.63, 3.8) is 0 Å². The van der Waals surface area contributed by atoms with Gasteiger partial charge in [-0.15, -0.1) is 0 Å². The number of aliphatic carboxylic acids is 1. The summed E-state index contributed by atoms with van der Waals surface area (Å²) >= 11 is 0. The largest absolute Gasteiger partial charge is 0.481 e. The summed E-state index contributed by atoms with van der Waals surface area (Å²) in [5, 5.41) is 17.0. The van der Waals surface area contributed by atoms with Crippen molar-refractivity contribution in [3.05, 3.63) is 47.5 Å². The quantitative estimate of drug-likeness (QED) is 0.900. The molecule has 6 nitrogen and oxygen atoms in total. The first-order valence-electron chi connectivity index (χ1n) is 8.25. The molecule has 1 aliphatic rings.